The molecule has 1 aromatic rings. The van der Waals surface area contributed by atoms with Crippen LogP contribution in [0.25, 0.3) is 6.08 Å². The summed E-state index contributed by atoms with van der Waals surface area (Å²) >= 11 is 0. The fraction of sp³-hybridized carbons (Fsp3) is 0.556. The highest BCUT2D eigenvalue weighted by atomic mass is 16.5. The van der Waals surface area contributed by atoms with Gasteiger partial charge in [0.15, 0.2) is 0 Å². The fourth-order valence-corrected chi connectivity index (χ4v) is 4.87. The number of para-hydroxylation sites is 1. The van der Waals surface area contributed by atoms with Gasteiger partial charge in [0, 0.05) is 11.0 Å². The third kappa shape index (κ3) is 1.17. The Bertz CT molecular complexity index is 571. The predicted octanol–water partition coefficient (Wildman–Crippen LogP) is 4.68. The van der Waals surface area contributed by atoms with Crippen LogP contribution < -0.4 is 4.74 Å². The fourth-order valence-electron chi connectivity index (χ4n) is 4.87. The van der Waals surface area contributed by atoms with Gasteiger partial charge in [0.2, 0.25) is 0 Å². The van der Waals surface area contributed by atoms with E-state index in [-0.39, 0.29) is 11.0 Å². The lowest BCUT2D eigenvalue weighted by Gasteiger charge is -2.48. The van der Waals surface area contributed by atoms with Gasteiger partial charge in [-0.05, 0) is 42.7 Å². The number of hydrogen-bond donors (Lipinski definition) is 0. The van der Waals surface area contributed by atoms with E-state index in [1.165, 1.54) is 24.8 Å². The van der Waals surface area contributed by atoms with Crippen LogP contribution in [0.1, 0.15) is 45.6 Å². The van der Waals surface area contributed by atoms with Gasteiger partial charge in [-0.25, -0.2) is 0 Å². The van der Waals surface area contributed by atoms with Gasteiger partial charge in [-0.2, -0.15) is 0 Å². The molecule has 1 nitrogen and oxygen atoms in total. The lowest BCUT2D eigenvalue weighted by molar-refractivity contribution is -0.0321. The van der Waals surface area contributed by atoms with E-state index in [4.69, 9.17) is 4.74 Å². The summed E-state index contributed by atoms with van der Waals surface area (Å²) in [6, 6.07) is 8.41. The summed E-state index contributed by atoms with van der Waals surface area (Å²) in [4.78, 5) is 0. The molecule has 3 aliphatic rings. The molecule has 4 rings (SSSR count). The summed E-state index contributed by atoms with van der Waals surface area (Å²) in [5.74, 6) is 1.86. The van der Waals surface area contributed by atoms with Crippen molar-refractivity contribution in [3.63, 3.8) is 0 Å². The summed E-state index contributed by atoms with van der Waals surface area (Å²) in [5.41, 5.74) is 1.78. The Morgan fingerprint density at radius 1 is 1.16 bits per heavy atom. The summed E-state index contributed by atoms with van der Waals surface area (Å²) < 4.78 is 6.57. The van der Waals surface area contributed by atoms with Gasteiger partial charge in [0.1, 0.15) is 11.4 Å². The average molecular weight is 254 g/mol. The van der Waals surface area contributed by atoms with Crippen LogP contribution in [0, 0.1) is 16.7 Å². The van der Waals surface area contributed by atoms with E-state index in [0.29, 0.717) is 5.41 Å². The molecule has 0 saturated heterocycles. The molecule has 3 atom stereocenters. The van der Waals surface area contributed by atoms with Crippen LogP contribution in [0.4, 0.5) is 0 Å². The van der Waals surface area contributed by atoms with Crippen molar-refractivity contribution in [2.24, 2.45) is 16.7 Å². The second kappa shape index (κ2) is 3.26. The molecule has 1 aliphatic heterocycles. The zero-order chi connectivity index (χ0) is 13.3. The largest absolute Gasteiger partial charge is 0.482 e. The quantitative estimate of drug-likeness (QED) is 0.653. The molecule has 2 aliphatic carbocycles. The second-order valence-corrected chi connectivity index (χ2v) is 7.36. The maximum atomic E-state index is 6.57. The highest BCUT2D eigenvalue weighted by Gasteiger charge is 2.69. The first-order chi connectivity index (χ1) is 8.99. The van der Waals surface area contributed by atoms with Crippen LogP contribution in [-0.2, 0) is 0 Å². The minimum Gasteiger partial charge on any atom is -0.482 e. The van der Waals surface area contributed by atoms with Crippen LogP contribution in [0.5, 0.6) is 5.75 Å². The third-order valence-corrected chi connectivity index (χ3v) is 6.66. The first-order valence-corrected chi connectivity index (χ1v) is 7.46. The topological polar surface area (TPSA) is 9.23 Å². The van der Waals surface area contributed by atoms with E-state index >= 15 is 0 Å². The maximum absolute atomic E-state index is 6.57. The van der Waals surface area contributed by atoms with Crippen molar-refractivity contribution < 1.29 is 4.74 Å². The van der Waals surface area contributed by atoms with Gasteiger partial charge in [-0.3, -0.25) is 0 Å². The van der Waals surface area contributed by atoms with Crippen molar-refractivity contribution in [1.82, 2.24) is 0 Å². The monoisotopic (exact) mass is 254 g/mol. The third-order valence-electron chi connectivity index (χ3n) is 6.66. The summed E-state index contributed by atoms with van der Waals surface area (Å²) in [6.45, 7) is 7.33. The van der Waals surface area contributed by atoms with E-state index in [1.807, 2.05) is 0 Å². The van der Waals surface area contributed by atoms with Gasteiger partial charge in [0.05, 0.1) is 0 Å². The normalized spacial score (nSPS) is 41.3. The van der Waals surface area contributed by atoms with Crippen LogP contribution >= 0.6 is 0 Å². The van der Waals surface area contributed by atoms with Crippen LogP contribution in [0.3, 0.4) is 0 Å². The molecule has 0 amide bonds. The number of hydrogen-bond acceptors (Lipinski definition) is 1. The van der Waals surface area contributed by atoms with E-state index in [2.05, 4.69) is 57.2 Å². The second-order valence-electron chi connectivity index (χ2n) is 7.36. The Labute approximate surface area is 115 Å². The molecule has 100 valence electrons. The van der Waals surface area contributed by atoms with Crippen molar-refractivity contribution in [2.75, 3.05) is 0 Å². The number of benzene rings is 1. The molecule has 1 heteroatoms. The number of ether oxygens (including phenoxy) is 1. The molecule has 2 bridgehead atoms. The molecule has 1 spiro atoms. The Kier molecular flexibility index (Phi) is 1.98. The molecule has 2 fully saturated rings. The molecular weight excluding hydrogens is 232 g/mol. The van der Waals surface area contributed by atoms with Crippen LogP contribution in [-0.4, -0.2) is 5.60 Å². The standard InChI is InChI=1S/C18H22O/c1-16(2)14-9-10-17(16,3)18(12-14)11-8-13-6-4-5-7-15(13)19-18/h4-8,11,14H,9-10,12H2,1-3H3/t14-,17-,18+/m1/s1. The predicted molar refractivity (Wildman–Crippen MR) is 78.1 cm³/mol. The van der Waals surface area contributed by atoms with Crippen LogP contribution in [0.2, 0.25) is 0 Å². The minimum absolute atomic E-state index is 0.0756. The van der Waals surface area contributed by atoms with Crippen molar-refractivity contribution in [3.8, 4) is 5.75 Å². The molecule has 1 aromatic carbocycles. The zero-order valence-corrected chi connectivity index (χ0v) is 12.1. The lowest BCUT2D eigenvalue weighted by atomic mass is 9.64. The van der Waals surface area contributed by atoms with Crippen LogP contribution in [0.15, 0.2) is 30.3 Å². The first-order valence-electron chi connectivity index (χ1n) is 7.46. The summed E-state index contributed by atoms with van der Waals surface area (Å²) in [6.07, 6.45) is 8.47. The molecular formula is C18H22O. The smallest absolute Gasteiger partial charge is 0.134 e. The van der Waals surface area contributed by atoms with Gasteiger partial charge in [-0.1, -0.05) is 45.0 Å². The van der Waals surface area contributed by atoms with Gasteiger partial charge >= 0.3 is 0 Å². The Morgan fingerprint density at radius 3 is 2.63 bits per heavy atom. The molecule has 0 N–H and O–H groups in total. The van der Waals surface area contributed by atoms with E-state index in [1.54, 1.807) is 0 Å². The molecule has 1 heterocycles. The molecule has 0 unspecified atom stereocenters. The molecule has 0 aromatic heterocycles. The summed E-state index contributed by atoms with van der Waals surface area (Å²) in [7, 11) is 0. The Balaban J connectivity index is 1.83. The number of fused-ring (bicyclic) bond motifs is 4. The SMILES string of the molecule is CC1(C)[C@@H]2CC[C@@]1(C)[C@]1(C=Cc3ccccc3O1)C2. The van der Waals surface area contributed by atoms with Gasteiger partial charge in [0.25, 0.3) is 0 Å². The summed E-state index contributed by atoms with van der Waals surface area (Å²) in [5, 5.41) is 0. The van der Waals surface area contributed by atoms with Crippen molar-refractivity contribution in [3.05, 3.63) is 35.9 Å². The molecule has 2 saturated carbocycles. The Hall–Kier alpha value is -1.24. The van der Waals surface area contributed by atoms with Gasteiger partial charge < -0.3 is 4.74 Å². The van der Waals surface area contributed by atoms with E-state index < -0.39 is 0 Å². The minimum atomic E-state index is -0.0756. The van der Waals surface area contributed by atoms with Crippen molar-refractivity contribution >= 4 is 6.08 Å². The lowest BCUT2D eigenvalue weighted by Crippen LogP contribution is -2.50. The van der Waals surface area contributed by atoms with Gasteiger partial charge in [-0.15, -0.1) is 0 Å². The highest BCUT2D eigenvalue weighted by Crippen LogP contribution is 2.71. The number of rotatable bonds is 0. The van der Waals surface area contributed by atoms with Crippen molar-refractivity contribution in [1.29, 1.82) is 0 Å². The molecule has 19 heavy (non-hydrogen) atoms. The maximum Gasteiger partial charge on any atom is 0.134 e. The zero-order valence-electron chi connectivity index (χ0n) is 12.1. The average Bonchev–Trinajstić information content (AvgIpc) is 2.71. The Morgan fingerprint density at radius 2 is 1.95 bits per heavy atom. The first kappa shape index (κ1) is 11.6. The van der Waals surface area contributed by atoms with E-state index in [9.17, 15) is 0 Å². The van der Waals surface area contributed by atoms with E-state index in [0.717, 1.165) is 11.7 Å². The molecule has 0 radical (unpaired) electrons. The highest BCUT2D eigenvalue weighted by molar-refractivity contribution is 5.62. The van der Waals surface area contributed by atoms with Crippen molar-refractivity contribution in [2.45, 2.75) is 45.6 Å².